The molecule has 0 aromatic heterocycles. The summed E-state index contributed by atoms with van der Waals surface area (Å²) in [4.78, 5) is 37.0. The summed E-state index contributed by atoms with van der Waals surface area (Å²) in [5.74, 6) is -1.49. The highest BCUT2D eigenvalue weighted by molar-refractivity contribution is 5.90. The van der Waals surface area contributed by atoms with Crippen molar-refractivity contribution in [1.82, 2.24) is 15.5 Å². The Bertz CT molecular complexity index is 1050. The molecule has 0 radical (unpaired) electrons. The van der Waals surface area contributed by atoms with Gasteiger partial charge in [0, 0.05) is 25.2 Å². The number of likely N-dealkylation sites (N-methyl/N-ethyl adjacent to an activating group) is 1. The number of aliphatic hydroxyl groups excluding tert-OH is 2. The highest BCUT2D eigenvalue weighted by atomic mass is 16.3. The molecule has 4 N–H and O–H groups in total. The molecule has 8 nitrogen and oxygen atoms in total. The molecule has 41 heavy (non-hydrogen) atoms. The summed E-state index contributed by atoms with van der Waals surface area (Å²) >= 11 is 0. The van der Waals surface area contributed by atoms with Crippen molar-refractivity contribution < 1.29 is 24.6 Å². The van der Waals surface area contributed by atoms with Gasteiger partial charge in [-0.05, 0) is 57.0 Å². The second kappa shape index (κ2) is 23.1. The lowest BCUT2D eigenvalue weighted by Crippen LogP contribution is -2.50. The van der Waals surface area contributed by atoms with Crippen LogP contribution in [0.25, 0.3) is 11.1 Å². The number of amides is 2. The van der Waals surface area contributed by atoms with Crippen molar-refractivity contribution in [2.75, 3.05) is 27.2 Å². The summed E-state index contributed by atoms with van der Waals surface area (Å²) in [5.41, 5.74) is 3.03. The maximum atomic E-state index is 12.2. The molecular formula is C33H49N3O5. The van der Waals surface area contributed by atoms with Gasteiger partial charge in [-0.15, -0.1) is 0 Å². The first-order valence-electron chi connectivity index (χ1n) is 14.3. The number of aliphatic hydroxyl groups is 2. The van der Waals surface area contributed by atoms with E-state index in [1.54, 1.807) is 31.2 Å². The van der Waals surface area contributed by atoms with Gasteiger partial charge in [-0.3, -0.25) is 14.4 Å². The molecule has 0 saturated heterocycles. The van der Waals surface area contributed by atoms with Crippen molar-refractivity contribution in [3.8, 4) is 11.1 Å². The molecule has 2 aromatic carbocycles. The number of carbonyl (C=O) groups is 3. The lowest BCUT2D eigenvalue weighted by atomic mass is 9.99. The maximum Gasteiger partial charge on any atom is 0.254 e. The zero-order valence-corrected chi connectivity index (χ0v) is 25.5. The molecule has 2 aromatic rings. The number of allylic oxidation sites excluding steroid dienone is 4. The van der Waals surface area contributed by atoms with Gasteiger partial charge in [-0.25, -0.2) is 0 Å². The van der Waals surface area contributed by atoms with Gasteiger partial charge in [0.25, 0.3) is 11.8 Å². The van der Waals surface area contributed by atoms with Crippen LogP contribution in [0.15, 0.2) is 72.8 Å². The smallest absolute Gasteiger partial charge is 0.254 e. The minimum absolute atomic E-state index is 0.124. The molecule has 1 aliphatic carbocycles. The van der Waals surface area contributed by atoms with Crippen molar-refractivity contribution >= 4 is 18.1 Å². The fourth-order valence-electron chi connectivity index (χ4n) is 3.66. The number of hydrogen-bond donors (Lipinski definition) is 4. The van der Waals surface area contributed by atoms with Crippen molar-refractivity contribution in [2.24, 2.45) is 0 Å². The van der Waals surface area contributed by atoms with Crippen molar-refractivity contribution in [3.05, 3.63) is 84.0 Å². The molecule has 0 heterocycles. The third-order valence-corrected chi connectivity index (χ3v) is 5.71. The van der Waals surface area contributed by atoms with Gasteiger partial charge >= 0.3 is 0 Å². The number of rotatable bonds is 10. The normalized spacial score (nSPS) is 12.6. The standard InChI is InChI=1S/C23H28N2O5.C6H8.C2H7N.C2H6/c1-3-13-25(4-2)23(30)21(28)20(27)22(29)24-14-16-9-11-17(12-10-16)19-8-6-5-7-18(19)15-26;1-2-4-6-5-3-1;1-3-2;1-2/h5-12,15,20-21,27-28H,3-4,13-14H2,1-2H3,(H,24,29);1-4H,5-6H2;3H,1-2H3;1-2H3. The monoisotopic (exact) mass is 567 g/mol. The third-order valence-electron chi connectivity index (χ3n) is 5.71. The summed E-state index contributed by atoms with van der Waals surface area (Å²) < 4.78 is 0. The topological polar surface area (TPSA) is 119 Å². The predicted octanol–water partition coefficient (Wildman–Crippen LogP) is 4.52. The van der Waals surface area contributed by atoms with Crippen LogP contribution in [0.4, 0.5) is 0 Å². The van der Waals surface area contributed by atoms with Crippen molar-refractivity contribution in [3.63, 3.8) is 0 Å². The third kappa shape index (κ3) is 14.0. The highest BCUT2D eigenvalue weighted by Crippen LogP contribution is 2.23. The minimum Gasteiger partial charge on any atom is -0.380 e. The van der Waals surface area contributed by atoms with Crippen LogP contribution in [0.1, 0.15) is 62.9 Å². The summed E-state index contributed by atoms with van der Waals surface area (Å²) in [6, 6.07) is 14.5. The Kier molecular flexibility index (Phi) is 21.1. The van der Waals surface area contributed by atoms with Gasteiger partial charge < -0.3 is 25.7 Å². The van der Waals surface area contributed by atoms with Crippen molar-refractivity contribution in [2.45, 2.75) is 65.7 Å². The van der Waals surface area contributed by atoms with E-state index in [2.05, 4.69) is 34.9 Å². The Labute approximate surface area is 246 Å². The average molecular weight is 568 g/mol. The SMILES string of the molecule is C1=CCCC=C1.CC.CCCN(CC)C(=O)C(O)C(O)C(=O)NCc1ccc(-c2ccccc2C=O)cc1.CNC. The molecule has 3 rings (SSSR count). The molecule has 2 unspecified atom stereocenters. The van der Waals surface area contributed by atoms with E-state index < -0.39 is 24.0 Å². The fourth-order valence-corrected chi connectivity index (χ4v) is 3.66. The van der Waals surface area contributed by atoms with E-state index in [0.29, 0.717) is 25.1 Å². The van der Waals surface area contributed by atoms with E-state index in [1.165, 1.54) is 17.7 Å². The van der Waals surface area contributed by atoms with Gasteiger partial charge in [0.2, 0.25) is 0 Å². The molecule has 226 valence electrons. The lowest BCUT2D eigenvalue weighted by molar-refractivity contribution is -0.153. The number of carbonyl (C=O) groups excluding carboxylic acids is 3. The zero-order valence-electron chi connectivity index (χ0n) is 25.5. The Morgan fingerprint density at radius 3 is 1.95 bits per heavy atom. The van der Waals surface area contributed by atoms with Crippen LogP contribution in [0.3, 0.4) is 0 Å². The molecular weight excluding hydrogens is 518 g/mol. The van der Waals surface area contributed by atoms with Crippen LogP contribution in [0.2, 0.25) is 0 Å². The van der Waals surface area contributed by atoms with Gasteiger partial charge in [0.1, 0.15) is 0 Å². The Hall–Kier alpha value is -3.59. The van der Waals surface area contributed by atoms with Gasteiger partial charge in [0.05, 0.1) is 0 Å². The van der Waals surface area contributed by atoms with Gasteiger partial charge in [-0.2, -0.15) is 0 Å². The molecule has 0 aliphatic heterocycles. The first-order valence-corrected chi connectivity index (χ1v) is 14.3. The van der Waals surface area contributed by atoms with Crippen molar-refractivity contribution in [1.29, 1.82) is 0 Å². The quantitative estimate of drug-likeness (QED) is 0.314. The first-order chi connectivity index (χ1) is 19.8. The molecule has 8 heteroatoms. The molecule has 0 spiro atoms. The molecule has 0 fully saturated rings. The van der Waals surface area contributed by atoms with Crippen LogP contribution in [-0.4, -0.2) is 72.6 Å². The summed E-state index contributed by atoms with van der Waals surface area (Å²) in [5, 5.41) is 25.4. The van der Waals surface area contributed by atoms with Gasteiger partial charge in [-0.1, -0.05) is 93.6 Å². The number of hydrogen-bond acceptors (Lipinski definition) is 6. The van der Waals surface area contributed by atoms with E-state index in [0.717, 1.165) is 23.0 Å². The second-order valence-electron chi connectivity index (χ2n) is 8.86. The Morgan fingerprint density at radius 1 is 0.927 bits per heavy atom. The first kappa shape index (κ1) is 37.4. The number of aldehydes is 1. The minimum atomic E-state index is -1.85. The number of nitrogens with one attached hydrogen (secondary N) is 2. The van der Waals surface area contributed by atoms with Crippen LogP contribution in [-0.2, 0) is 16.1 Å². The van der Waals surface area contributed by atoms with E-state index >= 15 is 0 Å². The molecule has 0 saturated carbocycles. The molecule has 1 aliphatic rings. The summed E-state index contributed by atoms with van der Waals surface area (Å²) in [6.45, 7) is 8.62. The van der Waals surface area contributed by atoms with Crippen LogP contribution >= 0.6 is 0 Å². The lowest BCUT2D eigenvalue weighted by Gasteiger charge is -2.25. The zero-order chi connectivity index (χ0) is 31.0. The second-order valence-corrected chi connectivity index (χ2v) is 8.86. The molecule has 2 amide bonds. The van der Waals surface area contributed by atoms with Gasteiger partial charge in [0.15, 0.2) is 18.5 Å². The summed E-state index contributed by atoms with van der Waals surface area (Å²) in [7, 11) is 3.75. The van der Waals surface area contributed by atoms with Crippen LogP contribution in [0.5, 0.6) is 0 Å². The highest BCUT2D eigenvalue weighted by Gasteiger charge is 2.32. The summed E-state index contributed by atoms with van der Waals surface area (Å²) in [6.07, 6.45) is 8.86. The predicted molar refractivity (Wildman–Crippen MR) is 168 cm³/mol. The van der Waals surface area contributed by atoms with E-state index in [9.17, 15) is 24.6 Å². The van der Waals surface area contributed by atoms with Crippen LogP contribution < -0.4 is 10.6 Å². The number of nitrogens with zero attached hydrogens (tertiary/aromatic N) is 1. The van der Waals surface area contributed by atoms with Crippen LogP contribution in [0, 0.1) is 0 Å². The average Bonchev–Trinajstić information content (AvgIpc) is 3.04. The van der Waals surface area contributed by atoms with E-state index in [4.69, 9.17) is 0 Å². The Morgan fingerprint density at radius 2 is 1.49 bits per heavy atom. The largest absolute Gasteiger partial charge is 0.380 e. The van der Waals surface area contributed by atoms with E-state index in [1.807, 2.05) is 59.1 Å². The number of benzene rings is 2. The molecule has 0 bridgehead atoms. The fraction of sp³-hybridized carbons (Fsp3) is 0.424. The molecule has 2 atom stereocenters. The Balaban J connectivity index is 0.00000123. The maximum absolute atomic E-state index is 12.2. The van der Waals surface area contributed by atoms with E-state index in [-0.39, 0.29) is 6.54 Å².